The van der Waals surface area contributed by atoms with Crippen LogP contribution in [0.25, 0.3) is 10.9 Å². The lowest BCUT2D eigenvalue weighted by Gasteiger charge is -2.09. The van der Waals surface area contributed by atoms with E-state index in [1.54, 1.807) is 0 Å². The van der Waals surface area contributed by atoms with Crippen LogP contribution >= 0.6 is 0 Å². The van der Waals surface area contributed by atoms with Crippen LogP contribution in [0.4, 0.5) is 0 Å². The molecule has 0 bridgehead atoms. The van der Waals surface area contributed by atoms with Crippen LogP contribution in [0.1, 0.15) is 19.8 Å². The van der Waals surface area contributed by atoms with E-state index in [4.69, 9.17) is 0 Å². The monoisotopic (exact) mass is 245 g/mol. The second-order valence-corrected chi connectivity index (χ2v) is 4.35. The van der Waals surface area contributed by atoms with E-state index in [0.29, 0.717) is 0 Å². The third-order valence-electron chi connectivity index (χ3n) is 2.97. The summed E-state index contributed by atoms with van der Waals surface area (Å²) in [5.41, 5.74) is 0.892. The number of hydrogen-bond acceptors (Lipinski definition) is 3. The number of aromatic nitrogens is 2. The molecule has 4 nitrogen and oxygen atoms in total. The highest BCUT2D eigenvalue weighted by atomic mass is 16.1. The molecule has 1 aromatic carbocycles. The van der Waals surface area contributed by atoms with Crippen molar-refractivity contribution in [3.8, 4) is 0 Å². The quantitative estimate of drug-likeness (QED) is 0.789. The second-order valence-electron chi connectivity index (χ2n) is 4.35. The predicted molar refractivity (Wildman–Crippen MR) is 73.8 cm³/mol. The zero-order valence-corrected chi connectivity index (χ0v) is 10.7. The summed E-state index contributed by atoms with van der Waals surface area (Å²) in [6, 6.07) is 7.61. The second kappa shape index (κ2) is 6.31. The number of unbranched alkanes of at least 4 members (excludes halogenated alkanes) is 1. The third kappa shape index (κ3) is 2.96. The van der Waals surface area contributed by atoms with E-state index in [2.05, 4.69) is 17.3 Å². The molecule has 1 aromatic heterocycles. The van der Waals surface area contributed by atoms with Gasteiger partial charge in [-0.25, -0.2) is 0 Å². The number of para-hydroxylation sites is 1. The summed E-state index contributed by atoms with van der Waals surface area (Å²) in [6.07, 6.45) is 3.79. The Labute approximate surface area is 107 Å². The topological polar surface area (TPSA) is 46.9 Å². The minimum Gasteiger partial charge on any atom is -0.315 e. The van der Waals surface area contributed by atoms with Crippen LogP contribution in [0, 0.1) is 0 Å². The Hall–Kier alpha value is -1.68. The maximum atomic E-state index is 11.7. The van der Waals surface area contributed by atoms with Crippen molar-refractivity contribution in [2.75, 3.05) is 13.1 Å². The van der Waals surface area contributed by atoms with Crippen molar-refractivity contribution in [2.45, 2.75) is 26.3 Å². The molecular formula is C14H19N3O. The van der Waals surface area contributed by atoms with E-state index in [0.717, 1.165) is 30.5 Å². The van der Waals surface area contributed by atoms with E-state index in [1.807, 2.05) is 28.9 Å². The average Bonchev–Trinajstić information content (AvgIpc) is 2.41. The molecule has 0 fully saturated rings. The molecule has 0 spiro atoms. The lowest BCUT2D eigenvalue weighted by molar-refractivity contribution is 0.550. The Morgan fingerprint density at radius 3 is 2.94 bits per heavy atom. The van der Waals surface area contributed by atoms with Gasteiger partial charge in [0.2, 0.25) is 5.43 Å². The predicted octanol–water partition coefficient (Wildman–Crippen LogP) is 1.79. The number of rotatable bonds is 6. The Morgan fingerprint density at radius 1 is 1.28 bits per heavy atom. The molecule has 0 saturated carbocycles. The highest BCUT2D eigenvalue weighted by Gasteiger charge is 2.02. The zero-order chi connectivity index (χ0) is 12.8. The standard InChI is InChI=1S/C14H19N3O/c1-2-3-8-15-9-10-17-13-7-5-4-6-12(13)14(18)11-16-17/h4-7,11,15H,2-3,8-10H2,1H3. The van der Waals surface area contributed by atoms with Crippen molar-refractivity contribution in [2.24, 2.45) is 0 Å². The van der Waals surface area contributed by atoms with Gasteiger partial charge < -0.3 is 5.32 Å². The van der Waals surface area contributed by atoms with Crippen molar-refractivity contribution in [3.05, 3.63) is 40.7 Å². The summed E-state index contributed by atoms with van der Waals surface area (Å²) >= 11 is 0. The SMILES string of the molecule is CCCCNCCn1ncc(=O)c2ccccc21. The van der Waals surface area contributed by atoms with E-state index < -0.39 is 0 Å². The largest absolute Gasteiger partial charge is 0.315 e. The van der Waals surface area contributed by atoms with E-state index in [9.17, 15) is 4.79 Å². The van der Waals surface area contributed by atoms with Crippen LogP contribution in [-0.2, 0) is 6.54 Å². The van der Waals surface area contributed by atoms with Gasteiger partial charge in [0, 0.05) is 11.9 Å². The van der Waals surface area contributed by atoms with Gasteiger partial charge in [0.1, 0.15) is 0 Å². The van der Waals surface area contributed by atoms with Crippen molar-refractivity contribution in [1.82, 2.24) is 15.1 Å². The van der Waals surface area contributed by atoms with Crippen molar-refractivity contribution >= 4 is 10.9 Å². The van der Waals surface area contributed by atoms with E-state index in [-0.39, 0.29) is 5.43 Å². The van der Waals surface area contributed by atoms with E-state index in [1.165, 1.54) is 19.0 Å². The number of nitrogens with zero attached hydrogens (tertiary/aromatic N) is 2. The third-order valence-corrected chi connectivity index (χ3v) is 2.97. The highest BCUT2D eigenvalue weighted by molar-refractivity contribution is 5.77. The van der Waals surface area contributed by atoms with Crippen molar-refractivity contribution in [3.63, 3.8) is 0 Å². The lowest BCUT2D eigenvalue weighted by atomic mass is 10.2. The first-order valence-corrected chi connectivity index (χ1v) is 6.48. The first-order chi connectivity index (χ1) is 8.83. The van der Waals surface area contributed by atoms with Crippen LogP contribution in [0.15, 0.2) is 35.3 Å². The summed E-state index contributed by atoms with van der Waals surface area (Å²) in [5.74, 6) is 0. The summed E-state index contributed by atoms with van der Waals surface area (Å²) in [6.45, 7) is 4.87. The number of hydrogen-bond donors (Lipinski definition) is 1. The Balaban J connectivity index is 2.09. The molecule has 2 rings (SSSR count). The highest BCUT2D eigenvalue weighted by Crippen LogP contribution is 2.07. The molecule has 0 amide bonds. The molecule has 0 aliphatic carbocycles. The summed E-state index contributed by atoms with van der Waals surface area (Å²) in [4.78, 5) is 11.7. The van der Waals surface area contributed by atoms with Crippen LogP contribution < -0.4 is 10.7 Å². The van der Waals surface area contributed by atoms with Gasteiger partial charge in [-0.15, -0.1) is 0 Å². The zero-order valence-electron chi connectivity index (χ0n) is 10.7. The van der Waals surface area contributed by atoms with Crippen LogP contribution in [0.2, 0.25) is 0 Å². The summed E-state index contributed by atoms with van der Waals surface area (Å²) in [7, 11) is 0. The van der Waals surface area contributed by atoms with Gasteiger partial charge in [-0.1, -0.05) is 25.5 Å². The molecule has 0 radical (unpaired) electrons. The Kier molecular flexibility index (Phi) is 4.47. The van der Waals surface area contributed by atoms with E-state index >= 15 is 0 Å². The summed E-state index contributed by atoms with van der Waals surface area (Å²) in [5, 5.41) is 8.30. The maximum absolute atomic E-state index is 11.7. The number of nitrogens with one attached hydrogen (secondary N) is 1. The molecule has 0 saturated heterocycles. The van der Waals surface area contributed by atoms with Crippen molar-refractivity contribution < 1.29 is 0 Å². The summed E-state index contributed by atoms with van der Waals surface area (Å²) < 4.78 is 1.88. The molecule has 0 aliphatic heterocycles. The minimum atomic E-state index is -0.0132. The molecule has 2 aromatic rings. The molecule has 0 unspecified atom stereocenters. The van der Waals surface area contributed by atoms with Crippen LogP contribution in [-0.4, -0.2) is 22.9 Å². The van der Waals surface area contributed by atoms with Gasteiger partial charge in [-0.05, 0) is 25.1 Å². The van der Waals surface area contributed by atoms with Gasteiger partial charge in [-0.3, -0.25) is 9.48 Å². The fourth-order valence-electron chi connectivity index (χ4n) is 1.95. The van der Waals surface area contributed by atoms with Gasteiger partial charge in [0.05, 0.1) is 18.3 Å². The molecule has 0 aliphatic rings. The van der Waals surface area contributed by atoms with Gasteiger partial charge in [-0.2, -0.15) is 5.10 Å². The fraction of sp³-hybridized carbons (Fsp3) is 0.429. The molecule has 4 heteroatoms. The molecule has 1 heterocycles. The molecule has 18 heavy (non-hydrogen) atoms. The first kappa shape index (κ1) is 12.8. The fourth-order valence-corrected chi connectivity index (χ4v) is 1.95. The van der Waals surface area contributed by atoms with Gasteiger partial charge in [0.15, 0.2) is 0 Å². The Morgan fingerprint density at radius 2 is 2.11 bits per heavy atom. The van der Waals surface area contributed by atoms with Crippen LogP contribution in [0.5, 0.6) is 0 Å². The minimum absolute atomic E-state index is 0.0132. The molecule has 96 valence electrons. The average molecular weight is 245 g/mol. The van der Waals surface area contributed by atoms with Crippen molar-refractivity contribution in [1.29, 1.82) is 0 Å². The molecular weight excluding hydrogens is 226 g/mol. The van der Waals surface area contributed by atoms with Gasteiger partial charge >= 0.3 is 0 Å². The van der Waals surface area contributed by atoms with Crippen LogP contribution in [0.3, 0.4) is 0 Å². The first-order valence-electron chi connectivity index (χ1n) is 6.48. The number of benzene rings is 1. The maximum Gasteiger partial charge on any atom is 0.207 e. The molecule has 0 atom stereocenters. The number of fused-ring (bicyclic) bond motifs is 1. The Bertz CT molecular complexity index is 562. The smallest absolute Gasteiger partial charge is 0.207 e. The molecule has 1 N–H and O–H groups in total. The normalized spacial score (nSPS) is 10.9. The lowest BCUT2D eigenvalue weighted by Crippen LogP contribution is -2.23. The van der Waals surface area contributed by atoms with Gasteiger partial charge in [0.25, 0.3) is 0 Å².